The van der Waals surface area contributed by atoms with Crippen molar-refractivity contribution in [3.8, 4) is 5.75 Å². The van der Waals surface area contributed by atoms with Crippen molar-refractivity contribution < 1.29 is 9.90 Å². The highest BCUT2D eigenvalue weighted by Crippen LogP contribution is 2.21. The van der Waals surface area contributed by atoms with Crippen molar-refractivity contribution in [2.24, 2.45) is 0 Å². The summed E-state index contributed by atoms with van der Waals surface area (Å²) in [6.07, 6.45) is 1.57. The first-order chi connectivity index (χ1) is 9.97. The Bertz CT molecular complexity index is 656. The third-order valence-electron chi connectivity index (χ3n) is 2.97. The molecule has 0 aliphatic heterocycles. The quantitative estimate of drug-likeness (QED) is 0.587. The number of nitrogens with two attached hydrogens (primary N) is 1. The second-order valence-electron chi connectivity index (χ2n) is 4.87. The lowest BCUT2D eigenvalue weighted by molar-refractivity contribution is 0.0822. The van der Waals surface area contributed by atoms with Crippen molar-refractivity contribution in [2.45, 2.75) is 6.54 Å². The van der Waals surface area contributed by atoms with Crippen LogP contribution in [0.4, 0.5) is 11.4 Å². The van der Waals surface area contributed by atoms with Crippen LogP contribution in [0.2, 0.25) is 0 Å². The van der Waals surface area contributed by atoms with Gasteiger partial charge in [0, 0.05) is 43.8 Å². The number of hydrogen-bond donors (Lipinski definition) is 3. The van der Waals surface area contributed by atoms with Crippen LogP contribution < -0.4 is 11.1 Å². The van der Waals surface area contributed by atoms with Crippen LogP contribution in [0.25, 0.3) is 0 Å². The molecule has 1 aromatic heterocycles. The highest BCUT2D eigenvalue weighted by atomic mass is 16.3. The highest BCUT2D eigenvalue weighted by molar-refractivity contribution is 5.92. The van der Waals surface area contributed by atoms with Gasteiger partial charge in [0.2, 0.25) is 0 Å². The number of benzene rings is 1. The number of nitrogens with one attached hydrogen (secondary N) is 1. The van der Waals surface area contributed by atoms with Crippen LogP contribution in [-0.2, 0) is 6.54 Å². The number of aromatic nitrogens is 1. The molecule has 2 rings (SSSR count). The first kappa shape index (κ1) is 14.6. The van der Waals surface area contributed by atoms with Gasteiger partial charge in [-0.3, -0.25) is 9.78 Å². The molecule has 1 aromatic carbocycles. The van der Waals surface area contributed by atoms with Crippen LogP contribution in [0.5, 0.6) is 5.75 Å². The van der Waals surface area contributed by atoms with Gasteiger partial charge in [0.05, 0.1) is 0 Å². The Morgan fingerprint density at radius 3 is 2.81 bits per heavy atom. The molecule has 0 radical (unpaired) electrons. The molecule has 6 heteroatoms. The molecule has 0 bridgehead atoms. The van der Waals surface area contributed by atoms with E-state index in [1.54, 1.807) is 50.6 Å². The van der Waals surface area contributed by atoms with E-state index in [0.29, 0.717) is 23.5 Å². The fourth-order valence-electron chi connectivity index (χ4n) is 1.83. The second-order valence-corrected chi connectivity index (χ2v) is 4.87. The number of phenolic OH excluding ortho intramolecular Hbond substituents is 1. The molecule has 0 spiro atoms. The number of pyridine rings is 1. The Hall–Kier alpha value is -2.76. The van der Waals surface area contributed by atoms with Gasteiger partial charge >= 0.3 is 0 Å². The third kappa shape index (κ3) is 3.62. The molecular weight excluding hydrogens is 268 g/mol. The van der Waals surface area contributed by atoms with E-state index in [-0.39, 0.29) is 11.7 Å². The van der Waals surface area contributed by atoms with Crippen LogP contribution in [-0.4, -0.2) is 35.0 Å². The number of amides is 1. The Morgan fingerprint density at radius 2 is 2.10 bits per heavy atom. The second kappa shape index (κ2) is 6.13. The molecule has 0 atom stereocenters. The molecule has 21 heavy (non-hydrogen) atoms. The van der Waals surface area contributed by atoms with E-state index in [0.717, 1.165) is 5.69 Å². The number of carbonyl (C=O) groups is 1. The van der Waals surface area contributed by atoms with Crippen molar-refractivity contribution in [1.29, 1.82) is 0 Å². The zero-order valence-electron chi connectivity index (χ0n) is 12.0. The molecule has 4 N–H and O–H groups in total. The van der Waals surface area contributed by atoms with Crippen molar-refractivity contribution in [1.82, 2.24) is 9.88 Å². The third-order valence-corrected chi connectivity index (χ3v) is 2.97. The van der Waals surface area contributed by atoms with E-state index in [1.165, 1.54) is 4.90 Å². The molecule has 110 valence electrons. The van der Waals surface area contributed by atoms with Gasteiger partial charge in [0.25, 0.3) is 5.91 Å². The van der Waals surface area contributed by atoms with Crippen LogP contribution in [0.3, 0.4) is 0 Å². The standard InChI is InChI=1S/C15H18N4O2/c1-19(2)15(21)13-8-12(5-6-17-13)18-9-10-7-11(16)3-4-14(10)20/h3-8,20H,9,16H2,1-2H3,(H,17,18). The number of carbonyl (C=O) groups excluding carboxylic acids is 1. The number of anilines is 2. The molecule has 0 saturated heterocycles. The summed E-state index contributed by atoms with van der Waals surface area (Å²) < 4.78 is 0. The molecule has 2 aromatic rings. The summed E-state index contributed by atoms with van der Waals surface area (Å²) in [5, 5.41) is 12.9. The SMILES string of the molecule is CN(C)C(=O)c1cc(NCc2cc(N)ccc2O)ccn1. The van der Waals surface area contributed by atoms with Crippen molar-refractivity contribution >= 4 is 17.3 Å². The average Bonchev–Trinajstić information content (AvgIpc) is 2.47. The molecule has 6 nitrogen and oxygen atoms in total. The van der Waals surface area contributed by atoms with E-state index in [4.69, 9.17) is 5.73 Å². The van der Waals surface area contributed by atoms with Crippen LogP contribution in [0, 0.1) is 0 Å². The minimum Gasteiger partial charge on any atom is -0.508 e. The van der Waals surface area contributed by atoms with Crippen molar-refractivity contribution in [3.05, 3.63) is 47.8 Å². The summed E-state index contributed by atoms with van der Waals surface area (Å²) in [5.41, 5.74) is 8.08. The van der Waals surface area contributed by atoms with Gasteiger partial charge in [0.1, 0.15) is 11.4 Å². The first-order valence-corrected chi connectivity index (χ1v) is 6.46. The van der Waals surface area contributed by atoms with Gasteiger partial charge < -0.3 is 21.1 Å². The summed E-state index contributed by atoms with van der Waals surface area (Å²) in [5.74, 6) is 0.0146. The van der Waals surface area contributed by atoms with Crippen LogP contribution in [0.1, 0.15) is 16.1 Å². The summed E-state index contributed by atoms with van der Waals surface area (Å²) in [4.78, 5) is 17.4. The Morgan fingerprint density at radius 1 is 1.33 bits per heavy atom. The lowest BCUT2D eigenvalue weighted by Crippen LogP contribution is -2.22. The molecule has 1 heterocycles. The number of phenols is 1. The highest BCUT2D eigenvalue weighted by Gasteiger charge is 2.10. The zero-order chi connectivity index (χ0) is 15.4. The predicted octanol–water partition coefficient (Wildman–Crippen LogP) is 1.68. The largest absolute Gasteiger partial charge is 0.508 e. The van der Waals surface area contributed by atoms with Gasteiger partial charge in [-0.15, -0.1) is 0 Å². The molecule has 0 saturated carbocycles. The maximum absolute atomic E-state index is 11.8. The molecule has 1 amide bonds. The van der Waals surface area contributed by atoms with Gasteiger partial charge in [-0.1, -0.05) is 0 Å². The zero-order valence-corrected chi connectivity index (χ0v) is 12.0. The lowest BCUT2D eigenvalue weighted by atomic mass is 10.1. The number of nitrogens with zero attached hydrogens (tertiary/aromatic N) is 2. The molecule has 0 aliphatic carbocycles. The van der Waals surface area contributed by atoms with Crippen molar-refractivity contribution in [2.75, 3.05) is 25.1 Å². The van der Waals surface area contributed by atoms with E-state index >= 15 is 0 Å². The van der Waals surface area contributed by atoms with E-state index in [2.05, 4.69) is 10.3 Å². The Balaban J connectivity index is 2.12. The fraction of sp³-hybridized carbons (Fsp3) is 0.200. The minimum absolute atomic E-state index is 0.162. The van der Waals surface area contributed by atoms with Crippen LogP contribution >= 0.6 is 0 Å². The monoisotopic (exact) mass is 286 g/mol. The number of aromatic hydroxyl groups is 1. The van der Waals surface area contributed by atoms with Gasteiger partial charge in [-0.05, 0) is 30.3 Å². The summed E-state index contributed by atoms with van der Waals surface area (Å²) in [7, 11) is 3.35. The fourth-order valence-corrected chi connectivity index (χ4v) is 1.83. The molecule has 0 fully saturated rings. The van der Waals surface area contributed by atoms with Crippen molar-refractivity contribution in [3.63, 3.8) is 0 Å². The predicted molar refractivity (Wildman–Crippen MR) is 82.1 cm³/mol. The Kier molecular flexibility index (Phi) is 4.27. The molecule has 0 aliphatic rings. The number of hydrogen-bond acceptors (Lipinski definition) is 5. The van der Waals surface area contributed by atoms with Gasteiger partial charge in [-0.2, -0.15) is 0 Å². The lowest BCUT2D eigenvalue weighted by Gasteiger charge is -2.12. The topological polar surface area (TPSA) is 91.5 Å². The van der Waals surface area contributed by atoms with E-state index < -0.39 is 0 Å². The molecular formula is C15H18N4O2. The first-order valence-electron chi connectivity index (χ1n) is 6.46. The van der Waals surface area contributed by atoms with Gasteiger partial charge in [0.15, 0.2) is 0 Å². The van der Waals surface area contributed by atoms with Crippen LogP contribution in [0.15, 0.2) is 36.5 Å². The summed E-state index contributed by atoms with van der Waals surface area (Å²) >= 11 is 0. The maximum Gasteiger partial charge on any atom is 0.272 e. The maximum atomic E-state index is 11.8. The number of nitrogen functional groups attached to an aromatic ring is 1. The molecule has 0 unspecified atom stereocenters. The Labute approximate surface area is 123 Å². The summed E-state index contributed by atoms with van der Waals surface area (Å²) in [6, 6.07) is 8.33. The smallest absolute Gasteiger partial charge is 0.272 e. The van der Waals surface area contributed by atoms with Gasteiger partial charge in [-0.25, -0.2) is 0 Å². The normalized spacial score (nSPS) is 10.2. The minimum atomic E-state index is -0.162. The summed E-state index contributed by atoms with van der Waals surface area (Å²) in [6.45, 7) is 0.399. The van der Waals surface area contributed by atoms with E-state index in [1.807, 2.05) is 0 Å². The number of rotatable bonds is 4. The average molecular weight is 286 g/mol. The van der Waals surface area contributed by atoms with E-state index in [9.17, 15) is 9.90 Å².